The molecular weight excluding hydrogens is 320 g/mol. The largest absolute Gasteiger partial charge is 0.319 e. The van der Waals surface area contributed by atoms with Crippen molar-refractivity contribution in [3.8, 4) is 11.1 Å². The minimum absolute atomic E-state index is 0.110. The van der Waals surface area contributed by atoms with Crippen molar-refractivity contribution in [2.45, 2.75) is 13.5 Å². The summed E-state index contributed by atoms with van der Waals surface area (Å²) < 4.78 is 1.86. The fourth-order valence-corrected chi connectivity index (χ4v) is 2.83. The lowest BCUT2D eigenvalue weighted by Gasteiger charge is -2.09. The van der Waals surface area contributed by atoms with E-state index < -0.39 is 0 Å². The molecule has 0 bridgehead atoms. The van der Waals surface area contributed by atoms with Gasteiger partial charge in [-0.2, -0.15) is 4.57 Å². The Bertz CT molecular complexity index is 842. The lowest BCUT2D eigenvalue weighted by atomic mass is 10.1. The molecule has 3 rings (SSSR count). The number of para-hydroxylation sites is 1. The number of benzene rings is 2. The van der Waals surface area contributed by atoms with Gasteiger partial charge in [0.25, 0.3) is 5.91 Å². The quantitative estimate of drug-likeness (QED) is 0.710. The molecule has 3 nitrogen and oxygen atoms in total. The second kappa shape index (κ2) is 7.28. The lowest BCUT2D eigenvalue weighted by Crippen LogP contribution is -2.39. The Labute approximate surface area is 146 Å². The van der Waals surface area contributed by atoms with Gasteiger partial charge in [0, 0.05) is 11.6 Å². The first kappa shape index (κ1) is 16.2. The van der Waals surface area contributed by atoms with Crippen molar-refractivity contribution in [2.75, 3.05) is 5.32 Å². The van der Waals surface area contributed by atoms with Crippen LogP contribution in [0.3, 0.4) is 0 Å². The standard InChI is InChI=1S/C20H17ClN2O/c1-15-7-5-11-18(21)20(15)22-19(24)14-23-12-6-10-17(13-23)16-8-3-2-4-9-16/h2-13H,14H2,1H3/p+1. The molecule has 0 saturated carbocycles. The number of carbonyl (C=O) groups excluding carboxylic acids is 1. The highest BCUT2D eigenvalue weighted by molar-refractivity contribution is 6.33. The monoisotopic (exact) mass is 337 g/mol. The number of pyridine rings is 1. The van der Waals surface area contributed by atoms with Crippen LogP contribution in [0.4, 0.5) is 5.69 Å². The Balaban J connectivity index is 1.76. The third-order valence-electron chi connectivity index (χ3n) is 3.78. The van der Waals surface area contributed by atoms with Crippen LogP contribution >= 0.6 is 11.6 Å². The second-order valence-corrected chi connectivity index (χ2v) is 6.02. The van der Waals surface area contributed by atoms with Crippen LogP contribution in [0.2, 0.25) is 5.02 Å². The summed E-state index contributed by atoms with van der Waals surface area (Å²) in [6.07, 6.45) is 3.85. The van der Waals surface area contributed by atoms with E-state index in [0.29, 0.717) is 10.7 Å². The summed E-state index contributed by atoms with van der Waals surface area (Å²) in [5.74, 6) is -0.110. The van der Waals surface area contributed by atoms with Crippen molar-refractivity contribution in [1.29, 1.82) is 0 Å². The highest BCUT2D eigenvalue weighted by atomic mass is 35.5. The van der Waals surface area contributed by atoms with Crippen molar-refractivity contribution >= 4 is 23.2 Å². The summed E-state index contributed by atoms with van der Waals surface area (Å²) in [6.45, 7) is 2.15. The Hall–Kier alpha value is -2.65. The van der Waals surface area contributed by atoms with Gasteiger partial charge in [0.2, 0.25) is 6.54 Å². The number of anilines is 1. The van der Waals surface area contributed by atoms with Gasteiger partial charge in [-0.15, -0.1) is 0 Å². The normalized spacial score (nSPS) is 10.4. The van der Waals surface area contributed by atoms with Crippen LogP contribution in [0, 0.1) is 6.92 Å². The number of amides is 1. The summed E-state index contributed by atoms with van der Waals surface area (Å²) in [6, 6.07) is 19.6. The van der Waals surface area contributed by atoms with Gasteiger partial charge in [-0.1, -0.05) is 54.1 Å². The Morgan fingerprint density at radius 3 is 2.50 bits per heavy atom. The van der Waals surface area contributed by atoms with Gasteiger partial charge in [0.1, 0.15) is 0 Å². The molecule has 0 radical (unpaired) electrons. The molecule has 0 aliphatic rings. The molecule has 2 aromatic carbocycles. The highest BCUT2D eigenvalue weighted by Crippen LogP contribution is 2.25. The average molecular weight is 338 g/mol. The van der Waals surface area contributed by atoms with Gasteiger partial charge >= 0.3 is 0 Å². The van der Waals surface area contributed by atoms with Crippen LogP contribution < -0.4 is 9.88 Å². The summed E-state index contributed by atoms with van der Waals surface area (Å²) >= 11 is 6.16. The zero-order valence-electron chi connectivity index (χ0n) is 13.4. The van der Waals surface area contributed by atoms with E-state index in [2.05, 4.69) is 5.32 Å². The zero-order chi connectivity index (χ0) is 16.9. The Kier molecular flexibility index (Phi) is 4.92. The van der Waals surface area contributed by atoms with E-state index in [1.165, 1.54) is 0 Å². The van der Waals surface area contributed by atoms with Gasteiger partial charge in [-0.05, 0) is 30.2 Å². The number of hydrogen-bond donors (Lipinski definition) is 1. The Morgan fingerprint density at radius 2 is 1.75 bits per heavy atom. The van der Waals surface area contributed by atoms with Gasteiger partial charge in [-0.25, -0.2) is 0 Å². The third kappa shape index (κ3) is 3.81. The van der Waals surface area contributed by atoms with E-state index >= 15 is 0 Å². The van der Waals surface area contributed by atoms with E-state index in [9.17, 15) is 4.79 Å². The molecule has 0 saturated heterocycles. The molecule has 0 fully saturated rings. The van der Waals surface area contributed by atoms with E-state index in [1.54, 1.807) is 6.07 Å². The van der Waals surface area contributed by atoms with Crippen LogP contribution in [-0.2, 0) is 11.3 Å². The number of nitrogens with one attached hydrogen (secondary N) is 1. The predicted molar refractivity (Wildman–Crippen MR) is 96.9 cm³/mol. The van der Waals surface area contributed by atoms with Crippen molar-refractivity contribution in [1.82, 2.24) is 0 Å². The summed E-state index contributed by atoms with van der Waals surface area (Å²) in [5.41, 5.74) is 3.80. The molecule has 24 heavy (non-hydrogen) atoms. The topological polar surface area (TPSA) is 33.0 Å². The fourth-order valence-electron chi connectivity index (χ4n) is 2.56. The number of hydrogen-bond acceptors (Lipinski definition) is 1. The SMILES string of the molecule is Cc1cccc(Cl)c1NC(=O)C[n+]1cccc(-c2ccccc2)c1. The van der Waals surface area contributed by atoms with E-state index in [4.69, 9.17) is 11.6 Å². The summed E-state index contributed by atoms with van der Waals surface area (Å²) in [5, 5.41) is 3.44. The maximum atomic E-state index is 12.3. The van der Waals surface area contributed by atoms with Crippen molar-refractivity contribution in [3.63, 3.8) is 0 Å². The maximum absolute atomic E-state index is 12.3. The van der Waals surface area contributed by atoms with E-state index in [1.807, 2.05) is 78.5 Å². The van der Waals surface area contributed by atoms with Crippen molar-refractivity contribution in [2.24, 2.45) is 0 Å². The molecular formula is C20H18ClN2O+. The lowest BCUT2D eigenvalue weighted by molar-refractivity contribution is -0.683. The van der Waals surface area contributed by atoms with Crippen LogP contribution in [0.1, 0.15) is 5.56 Å². The first-order valence-electron chi connectivity index (χ1n) is 7.73. The van der Waals surface area contributed by atoms with Crippen LogP contribution in [0.15, 0.2) is 73.1 Å². The first-order chi connectivity index (χ1) is 11.6. The van der Waals surface area contributed by atoms with Crippen molar-refractivity contribution < 1.29 is 9.36 Å². The predicted octanol–water partition coefficient (Wildman–Crippen LogP) is 4.24. The van der Waals surface area contributed by atoms with Crippen LogP contribution in [0.5, 0.6) is 0 Å². The van der Waals surface area contributed by atoms with Gasteiger partial charge in [0.05, 0.1) is 10.7 Å². The molecule has 0 unspecified atom stereocenters. The molecule has 0 spiro atoms. The molecule has 0 aliphatic carbocycles. The number of nitrogens with zero attached hydrogens (tertiary/aromatic N) is 1. The number of rotatable bonds is 4. The molecule has 1 heterocycles. The highest BCUT2D eigenvalue weighted by Gasteiger charge is 2.13. The van der Waals surface area contributed by atoms with E-state index in [0.717, 1.165) is 16.7 Å². The molecule has 0 atom stereocenters. The smallest absolute Gasteiger partial charge is 0.290 e. The van der Waals surface area contributed by atoms with Gasteiger partial charge in [-0.3, -0.25) is 4.79 Å². The minimum Gasteiger partial charge on any atom is -0.319 e. The Morgan fingerprint density at radius 1 is 1.00 bits per heavy atom. The van der Waals surface area contributed by atoms with Crippen LogP contribution in [-0.4, -0.2) is 5.91 Å². The molecule has 1 amide bonds. The molecule has 4 heteroatoms. The maximum Gasteiger partial charge on any atom is 0.290 e. The number of halogens is 1. The summed E-state index contributed by atoms with van der Waals surface area (Å²) in [4.78, 5) is 12.3. The molecule has 1 N–H and O–H groups in total. The fraction of sp³-hybridized carbons (Fsp3) is 0.100. The van der Waals surface area contributed by atoms with Crippen LogP contribution in [0.25, 0.3) is 11.1 Å². The minimum atomic E-state index is -0.110. The average Bonchev–Trinajstić information content (AvgIpc) is 2.59. The molecule has 0 aliphatic heterocycles. The second-order valence-electron chi connectivity index (χ2n) is 5.61. The number of aryl methyl sites for hydroxylation is 1. The van der Waals surface area contributed by atoms with E-state index in [-0.39, 0.29) is 12.5 Å². The molecule has 120 valence electrons. The third-order valence-corrected chi connectivity index (χ3v) is 4.09. The molecule has 1 aromatic heterocycles. The van der Waals surface area contributed by atoms with Crippen molar-refractivity contribution in [3.05, 3.63) is 83.6 Å². The number of aromatic nitrogens is 1. The van der Waals surface area contributed by atoms with Gasteiger partial charge in [0.15, 0.2) is 12.4 Å². The van der Waals surface area contributed by atoms with Gasteiger partial charge < -0.3 is 5.32 Å². The summed E-state index contributed by atoms with van der Waals surface area (Å²) in [7, 11) is 0. The zero-order valence-corrected chi connectivity index (χ0v) is 14.1. The molecule has 3 aromatic rings. The first-order valence-corrected chi connectivity index (χ1v) is 8.11. The number of carbonyl (C=O) groups is 1.